The van der Waals surface area contributed by atoms with Crippen molar-refractivity contribution in [2.45, 2.75) is 46.1 Å². The first kappa shape index (κ1) is 16.6. The van der Waals surface area contributed by atoms with E-state index in [2.05, 4.69) is 15.2 Å². The average molecular weight is 355 g/mol. The van der Waals surface area contributed by atoms with Crippen LogP contribution in [0.15, 0.2) is 21.5 Å². The van der Waals surface area contributed by atoms with Crippen molar-refractivity contribution >= 4 is 11.6 Å². The highest BCUT2D eigenvalue weighted by Crippen LogP contribution is 2.32. The molecule has 0 spiro atoms. The summed E-state index contributed by atoms with van der Waals surface area (Å²) >= 11 is 0. The van der Waals surface area contributed by atoms with Gasteiger partial charge in [0.15, 0.2) is 5.65 Å². The minimum atomic E-state index is -0.224. The van der Waals surface area contributed by atoms with Crippen molar-refractivity contribution in [2.24, 2.45) is 0 Å². The minimum Gasteiger partial charge on any atom is -0.361 e. The Morgan fingerprint density at radius 2 is 2.08 bits per heavy atom. The Morgan fingerprint density at radius 1 is 1.27 bits per heavy atom. The highest BCUT2D eigenvalue weighted by Gasteiger charge is 2.33. The average Bonchev–Trinajstić information content (AvgIpc) is 3.16. The third-order valence-electron chi connectivity index (χ3n) is 4.95. The number of H-pyrrole nitrogens is 1. The molecule has 0 radical (unpaired) electrons. The number of carbonyl (C=O) groups excluding carboxylic acids is 1. The van der Waals surface area contributed by atoms with Gasteiger partial charge in [-0.15, -0.1) is 0 Å². The lowest BCUT2D eigenvalue weighted by atomic mass is 9.97. The van der Waals surface area contributed by atoms with Crippen LogP contribution in [0.1, 0.15) is 58.5 Å². The van der Waals surface area contributed by atoms with E-state index in [1.807, 2.05) is 13.0 Å². The van der Waals surface area contributed by atoms with Gasteiger partial charge in [-0.2, -0.15) is 0 Å². The van der Waals surface area contributed by atoms with Crippen LogP contribution in [0.5, 0.6) is 0 Å². The van der Waals surface area contributed by atoms with Crippen LogP contribution in [-0.2, 0) is 0 Å². The molecule has 1 N–H and O–H groups in total. The fourth-order valence-corrected chi connectivity index (χ4v) is 3.71. The molecule has 1 aliphatic heterocycles. The molecular weight excluding hydrogens is 334 g/mol. The summed E-state index contributed by atoms with van der Waals surface area (Å²) in [6, 6.07) is 3.12. The van der Waals surface area contributed by atoms with Crippen molar-refractivity contribution < 1.29 is 9.32 Å². The number of nitrogens with zero attached hydrogens (tertiary/aromatic N) is 4. The molecule has 0 aromatic carbocycles. The number of rotatable bonds is 2. The van der Waals surface area contributed by atoms with Crippen molar-refractivity contribution in [3.63, 3.8) is 0 Å². The summed E-state index contributed by atoms with van der Waals surface area (Å²) in [7, 11) is 0. The second-order valence-electron chi connectivity index (χ2n) is 6.86. The van der Waals surface area contributed by atoms with Crippen molar-refractivity contribution in [1.82, 2.24) is 24.7 Å². The number of fused-ring (bicyclic) bond motifs is 1. The molecule has 8 nitrogen and oxygen atoms in total. The van der Waals surface area contributed by atoms with E-state index in [1.165, 1.54) is 10.6 Å². The number of aryl methyl sites for hydroxylation is 3. The fourth-order valence-electron chi connectivity index (χ4n) is 3.71. The number of nitrogens with one attached hydrogen (secondary N) is 1. The Kier molecular flexibility index (Phi) is 3.90. The molecular formula is C18H21N5O3. The molecule has 1 fully saturated rings. The first-order chi connectivity index (χ1) is 12.5. The summed E-state index contributed by atoms with van der Waals surface area (Å²) in [6.45, 7) is 6.01. The monoisotopic (exact) mass is 355 g/mol. The molecule has 0 unspecified atom stereocenters. The first-order valence-corrected chi connectivity index (χ1v) is 8.79. The quantitative estimate of drug-likeness (QED) is 0.761. The molecule has 8 heteroatoms. The van der Waals surface area contributed by atoms with Gasteiger partial charge in [0.1, 0.15) is 11.3 Å². The normalized spacial score (nSPS) is 17.8. The smallest absolute Gasteiger partial charge is 0.272 e. The van der Waals surface area contributed by atoms with Crippen LogP contribution in [0.25, 0.3) is 5.65 Å². The number of amides is 1. The van der Waals surface area contributed by atoms with Crippen LogP contribution in [0.3, 0.4) is 0 Å². The Balaban J connectivity index is 1.76. The third-order valence-corrected chi connectivity index (χ3v) is 4.95. The van der Waals surface area contributed by atoms with Gasteiger partial charge in [-0.05, 0) is 40.0 Å². The van der Waals surface area contributed by atoms with Gasteiger partial charge < -0.3 is 9.42 Å². The molecule has 0 bridgehead atoms. The van der Waals surface area contributed by atoms with Gasteiger partial charge in [-0.25, -0.2) is 9.50 Å². The van der Waals surface area contributed by atoms with Crippen molar-refractivity contribution in [3.8, 4) is 0 Å². The van der Waals surface area contributed by atoms with E-state index in [4.69, 9.17) is 4.52 Å². The van der Waals surface area contributed by atoms with Gasteiger partial charge in [0, 0.05) is 24.4 Å². The van der Waals surface area contributed by atoms with Crippen LogP contribution >= 0.6 is 0 Å². The lowest BCUT2D eigenvalue weighted by Crippen LogP contribution is -2.39. The molecule has 4 heterocycles. The Bertz CT molecular complexity index is 1030. The van der Waals surface area contributed by atoms with E-state index in [-0.39, 0.29) is 17.5 Å². The SMILES string of the molecule is Cc1cc2nc([C@@H]3CCCCN3C(=O)c3c(C)noc3C)cc(=O)n2[nH]1. The third kappa shape index (κ3) is 2.61. The molecule has 26 heavy (non-hydrogen) atoms. The van der Waals surface area contributed by atoms with E-state index in [9.17, 15) is 9.59 Å². The number of likely N-dealkylation sites (tertiary alicyclic amines) is 1. The first-order valence-electron chi connectivity index (χ1n) is 8.79. The molecule has 3 aromatic heterocycles. The molecule has 4 rings (SSSR count). The van der Waals surface area contributed by atoms with Crippen LogP contribution in [0.2, 0.25) is 0 Å². The summed E-state index contributed by atoms with van der Waals surface area (Å²) < 4.78 is 6.58. The number of aromatic amines is 1. The predicted molar refractivity (Wildman–Crippen MR) is 94.2 cm³/mol. The molecule has 1 amide bonds. The standard InChI is InChI=1S/C18H21N5O3/c1-10-8-15-19-13(9-16(24)23(15)20-10)14-6-4-5-7-22(14)18(25)17-11(2)21-26-12(17)3/h8-9,14,20H,4-7H2,1-3H3/t14-/m0/s1. The van der Waals surface area contributed by atoms with Crippen molar-refractivity contribution in [3.05, 3.63) is 50.9 Å². The summed E-state index contributed by atoms with van der Waals surface area (Å²) in [5.41, 5.74) is 2.98. The minimum absolute atomic E-state index is 0.113. The zero-order valence-electron chi connectivity index (χ0n) is 15.1. The Hall–Kier alpha value is -2.90. The molecule has 0 aliphatic carbocycles. The van der Waals surface area contributed by atoms with E-state index in [0.29, 0.717) is 34.9 Å². The molecule has 1 aliphatic rings. The zero-order valence-corrected chi connectivity index (χ0v) is 15.1. The molecule has 1 saturated heterocycles. The Morgan fingerprint density at radius 3 is 2.81 bits per heavy atom. The van der Waals surface area contributed by atoms with Gasteiger partial charge in [0.05, 0.1) is 17.4 Å². The molecule has 3 aromatic rings. The molecule has 0 saturated carbocycles. The summed E-state index contributed by atoms with van der Waals surface area (Å²) in [5.74, 6) is 0.403. The number of piperidine rings is 1. The van der Waals surface area contributed by atoms with Gasteiger partial charge in [-0.1, -0.05) is 5.16 Å². The maximum absolute atomic E-state index is 13.1. The van der Waals surface area contributed by atoms with E-state index in [0.717, 1.165) is 25.0 Å². The summed E-state index contributed by atoms with van der Waals surface area (Å²) in [6.07, 6.45) is 2.69. The molecule has 136 valence electrons. The highest BCUT2D eigenvalue weighted by atomic mass is 16.5. The largest absolute Gasteiger partial charge is 0.361 e. The van der Waals surface area contributed by atoms with Crippen LogP contribution in [0, 0.1) is 20.8 Å². The van der Waals surface area contributed by atoms with Crippen molar-refractivity contribution in [2.75, 3.05) is 6.54 Å². The second-order valence-corrected chi connectivity index (χ2v) is 6.86. The topological polar surface area (TPSA) is 96.5 Å². The summed E-state index contributed by atoms with van der Waals surface area (Å²) in [5, 5.41) is 6.86. The molecule has 1 atom stereocenters. The van der Waals surface area contributed by atoms with E-state index < -0.39 is 0 Å². The van der Waals surface area contributed by atoms with Crippen LogP contribution < -0.4 is 5.56 Å². The number of carbonyl (C=O) groups is 1. The van der Waals surface area contributed by atoms with Gasteiger partial charge >= 0.3 is 0 Å². The maximum Gasteiger partial charge on any atom is 0.272 e. The van der Waals surface area contributed by atoms with Gasteiger partial charge in [0.2, 0.25) is 0 Å². The van der Waals surface area contributed by atoms with Crippen molar-refractivity contribution in [1.29, 1.82) is 0 Å². The second kappa shape index (κ2) is 6.12. The maximum atomic E-state index is 13.1. The van der Waals surface area contributed by atoms with Gasteiger partial charge in [0.25, 0.3) is 11.5 Å². The highest BCUT2D eigenvalue weighted by molar-refractivity contribution is 5.96. The van der Waals surface area contributed by atoms with E-state index in [1.54, 1.807) is 18.7 Å². The summed E-state index contributed by atoms with van der Waals surface area (Å²) in [4.78, 5) is 32.0. The predicted octanol–water partition coefficient (Wildman–Crippen LogP) is 2.30. The van der Waals surface area contributed by atoms with Crippen LogP contribution in [0.4, 0.5) is 0 Å². The number of hydrogen-bond acceptors (Lipinski definition) is 5. The van der Waals surface area contributed by atoms with E-state index >= 15 is 0 Å². The lowest BCUT2D eigenvalue weighted by Gasteiger charge is -2.35. The fraction of sp³-hybridized carbons (Fsp3) is 0.444. The van der Waals surface area contributed by atoms with Gasteiger partial charge in [-0.3, -0.25) is 14.7 Å². The van der Waals surface area contributed by atoms with Crippen LogP contribution in [-0.4, -0.2) is 37.1 Å². The Labute approximate surface area is 149 Å². The number of aromatic nitrogens is 4. The lowest BCUT2D eigenvalue weighted by molar-refractivity contribution is 0.0603. The number of hydrogen-bond donors (Lipinski definition) is 1. The zero-order chi connectivity index (χ0) is 18.4.